The second kappa shape index (κ2) is 13.5. The lowest BCUT2D eigenvalue weighted by atomic mass is 9.91. The van der Waals surface area contributed by atoms with E-state index in [0.717, 1.165) is 45.7 Å². The van der Waals surface area contributed by atoms with E-state index in [-0.39, 0.29) is 88.6 Å². The number of hydrogen-bond donors (Lipinski definition) is 1. The lowest BCUT2D eigenvalue weighted by molar-refractivity contribution is -0.0484. The number of terminal acetylenes is 1. The quantitative estimate of drug-likeness (QED) is 0.127. The highest BCUT2D eigenvalue weighted by Crippen LogP contribution is 2.61. The van der Waals surface area contributed by atoms with Gasteiger partial charge in [-0.05, 0) is 48.4 Å². The number of phenolic OH excluding ortho intramolecular Hbond substituents is 1. The van der Waals surface area contributed by atoms with E-state index in [1.54, 1.807) is 18.1 Å². The first-order valence-corrected chi connectivity index (χ1v) is 19.5. The van der Waals surface area contributed by atoms with E-state index in [4.69, 9.17) is 20.9 Å². The van der Waals surface area contributed by atoms with Crippen LogP contribution in [0, 0.1) is 35.3 Å². The van der Waals surface area contributed by atoms with Gasteiger partial charge in [0.05, 0.1) is 29.6 Å². The fourth-order valence-electron chi connectivity index (χ4n) is 9.81. The van der Waals surface area contributed by atoms with Crippen LogP contribution < -0.4 is 9.64 Å². The van der Waals surface area contributed by atoms with E-state index in [1.165, 1.54) is 28.9 Å². The van der Waals surface area contributed by atoms with Crippen LogP contribution >= 0.6 is 0 Å². The van der Waals surface area contributed by atoms with E-state index >= 15 is 17.6 Å². The second-order valence-electron chi connectivity index (χ2n) is 16.7. The molecule has 2 bridgehead atoms. The van der Waals surface area contributed by atoms with Gasteiger partial charge in [-0.3, -0.25) is 14.5 Å². The van der Waals surface area contributed by atoms with Gasteiger partial charge in [0.25, 0.3) is 12.0 Å². The summed E-state index contributed by atoms with van der Waals surface area (Å²) in [6.45, 7) is 3.19. The van der Waals surface area contributed by atoms with Crippen molar-refractivity contribution < 1.29 is 40.9 Å². The maximum Gasteiger partial charge on any atom is 0.319 e. The van der Waals surface area contributed by atoms with Gasteiger partial charge in [-0.25, -0.2) is 17.6 Å². The predicted molar refractivity (Wildman–Crippen MR) is 204 cm³/mol. The standard InChI is InChI=1S/C42H39F6N7O3/c1-3-28-31(43)7-4-23-10-27(56)11-29(32(23)28)33-35(44)37-34(30-16-52(2)51-36(30)33)39(55-25-5-6-26(55)15-54(14-25)12-22-17-57-18-22)50-40(49-37)58-21-41(19-42(41,47)48)20-53-9-8-24(13-53)38(45)46/h1,4,7,10-11,16,22,25-26,56H,5-6,8-9,12-15,17-21H2,2H3/t25-,26+,41-/m1/s1. The summed E-state index contributed by atoms with van der Waals surface area (Å²) >= 11 is 0. The molecule has 10 rings (SSSR count). The van der Waals surface area contributed by atoms with Gasteiger partial charge in [-0.15, -0.1) is 6.42 Å². The number of nitrogens with zero attached hydrogens (tertiary/aromatic N) is 7. The number of likely N-dealkylation sites (tertiary alicyclic amines) is 2. The number of aryl methyl sites for hydroxylation is 1. The molecule has 0 radical (unpaired) electrons. The molecule has 0 amide bonds. The Bertz CT molecular complexity index is 2590. The monoisotopic (exact) mass is 803 g/mol. The van der Waals surface area contributed by atoms with E-state index in [0.29, 0.717) is 27.9 Å². The summed E-state index contributed by atoms with van der Waals surface area (Å²) in [6.07, 6.45) is 7.00. The van der Waals surface area contributed by atoms with E-state index in [9.17, 15) is 13.9 Å². The Morgan fingerprint density at radius 3 is 2.47 bits per heavy atom. The fourth-order valence-corrected chi connectivity index (χ4v) is 9.81. The molecule has 5 aromatic rings. The number of aromatic hydroxyl groups is 1. The highest BCUT2D eigenvalue weighted by atomic mass is 19.3. The number of ether oxygens (including phenoxy) is 2. The zero-order valence-corrected chi connectivity index (χ0v) is 31.6. The average molecular weight is 804 g/mol. The number of piperazine rings is 1. The van der Waals surface area contributed by atoms with Crippen LogP contribution in [0.15, 0.2) is 42.1 Å². The second-order valence-corrected chi connectivity index (χ2v) is 16.7. The number of phenols is 1. The largest absolute Gasteiger partial charge is 0.508 e. The van der Waals surface area contributed by atoms with Crippen LogP contribution in [0.25, 0.3) is 43.7 Å². The predicted octanol–water partition coefficient (Wildman–Crippen LogP) is 6.86. The van der Waals surface area contributed by atoms with Crippen molar-refractivity contribution in [3.8, 4) is 35.2 Å². The smallest absolute Gasteiger partial charge is 0.319 e. The van der Waals surface area contributed by atoms with Crippen LogP contribution in [0.3, 0.4) is 0 Å². The van der Waals surface area contributed by atoms with Gasteiger partial charge in [0.2, 0.25) is 0 Å². The molecule has 2 aromatic heterocycles. The molecule has 5 aliphatic rings. The van der Waals surface area contributed by atoms with Crippen molar-refractivity contribution in [2.45, 2.75) is 43.7 Å². The van der Waals surface area contributed by atoms with Crippen LogP contribution in [0.2, 0.25) is 0 Å². The molecule has 1 saturated carbocycles. The summed E-state index contributed by atoms with van der Waals surface area (Å²) in [5, 5.41) is 16.9. The Hall–Kier alpha value is -5.11. The first-order valence-electron chi connectivity index (χ1n) is 19.5. The molecule has 4 saturated heterocycles. The Balaban J connectivity index is 1.13. The molecule has 58 heavy (non-hydrogen) atoms. The fraction of sp³-hybridized carbons (Fsp3) is 0.452. The number of halogens is 6. The summed E-state index contributed by atoms with van der Waals surface area (Å²) in [5.41, 5.74) is -1.87. The molecule has 4 aliphatic heterocycles. The lowest BCUT2D eigenvalue weighted by Gasteiger charge is -2.44. The highest BCUT2D eigenvalue weighted by molar-refractivity contribution is 6.18. The number of fused-ring (bicyclic) bond motifs is 6. The van der Waals surface area contributed by atoms with Gasteiger partial charge in [-0.1, -0.05) is 12.0 Å². The number of benzene rings is 3. The zero-order valence-electron chi connectivity index (χ0n) is 31.6. The Labute approximate surface area is 329 Å². The normalized spacial score (nSPS) is 24.6. The SMILES string of the molecule is C#Cc1c(F)ccc2cc(O)cc(-c3c(F)c4nc(OC[C@]5(CN6CCC(=C(F)F)C6)CC5(F)F)nc(N5[C@@H]6CC[C@H]5CN(CC5COC5)C6)c4c4cn(C)nc34)c12. The van der Waals surface area contributed by atoms with Gasteiger partial charge in [-0.2, -0.15) is 23.8 Å². The van der Waals surface area contributed by atoms with Gasteiger partial charge < -0.3 is 19.5 Å². The summed E-state index contributed by atoms with van der Waals surface area (Å²) in [5.74, 6) is -1.71. The summed E-state index contributed by atoms with van der Waals surface area (Å²) in [6, 6.07) is 5.00. The maximum absolute atomic E-state index is 17.8. The minimum Gasteiger partial charge on any atom is -0.508 e. The van der Waals surface area contributed by atoms with Crippen molar-refractivity contribution in [3.05, 3.63) is 59.3 Å². The molecular formula is C42H39F6N7O3. The third kappa shape index (κ3) is 5.95. The molecule has 302 valence electrons. The topological polar surface area (TPSA) is 92.0 Å². The van der Waals surface area contributed by atoms with Crippen molar-refractivity contribution in [1.82, 2.24) is 29.5 Å². The molecule has 0 unspecified atom stereocenters. The first-order chi connectivity index (χ1) is 27.8. The number of alkyl halides is 2. The van der Waals surface area contributed by atoms with Crippen LogP contribution in [-0.4, -0.2) is 112 Å². The van der Waals surface area contributed by atoms with Crippen LogP contribution in [-0.2, 0) is 11.8 Å². The summed E-state index contributed by atoms with van der Waals surface area (Å²) < 4.78 is 103. The van der Waals surface area contributed by atoms with E-state index in [1.807, 2.05) is 0 Å². The van der Waals surface area contributed by atoms with Crippen molar-refractivity contribution in [3.63, 3.8) is 0 Å². The lowest BCUT2D eigenvalue weighted by Crippen LogP contribution is -2.56. The molecule has 3 atom stereocenters. The van der Waals surface area contributed by atoms with E-state index in [2.05, 4.69) is 25.8 Å². The number of anilines is 1. The molecule has 1 N–H and O–H groups in total. The van der Waals surface area contributed by atoms with Crippen molar-refractivity contribution in [2.75, 3.05) is 64.0 Å². The summed E-state index contributed by atoms with van der Waals surface area (Å²) in [7, 11) is 1.68. The summed E-state index contributed by atoms with van der Waals surface area (Å²) in [4.78, 5) is 15.7. The minimum atomic E-state index is -3.13. The van der Waals surface area contributed by atoms with Crippen molar-refractivity contribution in [2.24, 2.45) is 18.4 Å². The Morgan fingerprint density at radius 1 is 1.05 bits per heavy atom. The van der Waals surface area contributed by atoms with Gasteiger partial charge in [0, 0.05) is 98.8 Å². The van der Waals surface area contributed by atoms with Crippen LogP contribution in [0.5, 0.6) is 11.8 Å². The van der Waals surface area contributed by atoms with Gasteiger partial charge in [0.1, 0.15) is 35.0 Å². The molecule has 1 aliphatic carbocycles. The molecule has 0 spiro atoms. The number of rotatable bonds is 9. The molecule has 3 aromatic carbocycles. The number of hydrogen-bond acceptors (Lipinski definition) is 9. The van der Waals surface area contributed by atoms with Crippen LogP contribution in [0.1, 0.15) is 31.2 Å². The highest BCUT2D eigenvalue weighted by Gasteiger charge is 2.72. The Kier molecular flexibility index (Phi) is 8.63. The molecule has 16 heteroatoms. The van der Waals surface area contributed by atoms with Gasteiger partial charge in [0.15, 0.2) is 5.82 Å². The van der Waals surface area contributed by atoms with Crippen LogP contribution in [0.4, 0.5) is 32.2 Å². The average Bonchev–Trinajstić information content (AvgIpc) is 3.58. The molecule has 5 fully saturated rings. The molecular weight excluding hydrogens is 764 g/mol. The Morgan fingerprint density at radius 2 is 1.81 bits per heavy atom. The third-order valence-corrected chi connectivity index (χ3v) is 12.7. The van der Waals surface area contributed by atoms with Crippen molar-refractivity contribution in [1.29, 1.82) is 0 Å². The molecule has 6 heterocycles. The zero-order chi connectivity index (χ0) is 40.2. The molecule has 10 nitrogen and oxygen atoms in total. The van der Waals surface area contributed by atoms with Gasteiger partial charge >= 0.3 is 6.01 Å². The first kappa shape index (κ1) is 37.2. The minimum absolute atomic E-state index is 0.0104. The van der Waals surface area contributed by atoms with E-state index < -0.39 is 42.1 Å². The third-order valence-electron chi connectivity index (χ3n) is 12.7. The van der Waals surface area contributed by atoms with Crippen molar-refractivity contribution >= 4 is 38.4 Å². The number of aromatic nitrogens is 4. The maximum atomic E-state index is 17.8.